The lowest BCUT2D eigenvalue weighted by Gasteiger charge is -2.36. The number of hydrogen-bond donors (Lipinski definition) is 1. The van der Waals surface area contributed by atoms with Crippen molar-refractivity contribution in [2.75, 3.05) is 36.0 Å². The van der Waals surface area contributed by atoms with Crippen LogP contribution in [0.1, 0.15) is 17.5 Å². The molecule has 0 aromatic heterocycles. The Labute approximate surface area is 228 Å². The van der Waals surface area contributed by atoms with Gasteiger partial charge in [0.1, 0.15) is 11.6 Å². The number of ether oxygens (including phenoxy) is 1. The second kappa shape index (κ2) is 9.77. The highest BCUT2D eigenvalue weighted by atomic mass is 16.5. The van der Waals surface area contributed by atoms with Crippen molar-refractivity contribution in [3.8, 4) is 0 Å². The molecule has 4 aliphatic rings. The summed E-state index contributed by atoms with van der Waals surface area (Å²) in [6.45, 7) is 4.73. The van der Waals surface area contributed by atoms with Crippen molar-refractivity contribution in [2.45, 2.75) is 38.0 Å². The number of anilines is 2. The molecule has 1 N–H and O–H groups in total. The lowest BCUT2D eigenvalue weighted by molar-refractivity contribution is -0.140. The summed E-state index contributed by atoms with van der Waals surface area (Å²) >= 11 is 0. The van der Waals surface area contributed by atoms with Crippen LogP contribution in [0.4, 0.5) is 11.4 Å². The molecule has 8 nitrogen and oxygen atoms in total. The first-order chi connectivity index (χ1) is 18.9. The highest BCUT2D eigenvalue weighted by Gasteiger charge is 2.71. The third kappa shape index (κ3) is 3.85. The van der Waals surface area contributed by atoms with E-state index in [9.17, 15) is 19.5 Å². The molecule has 4 heterocycles. The van der Waals surface area contributed by atoms with E-state index in [2.05, 4.69) is 0 Å². The number of carbonyl (C=O) groups is 3. The summed E-state index contributed by atoms with van der Waals surface area (Å²) in [6.07, 6.45) is 7.21. The lowest BCUT2D eigenvalue weighted by atomic mass is 9.77. The molecule has 6 rings (SSSR count). The summed E-state index contributed by atoms with van der Waals surface area (Å²) in [6, 6.07) is 14.4. The zero-order valence-corrected chi connectivity index (χ0v) is 22.2. The molecular weight excluding hydrogens is 494 g/mol. The number of aliphatic hydroxyl groups is 1. The Morgan fingerprint density at radius 3 is 2.33 bits per heavy atom. The van der Waals surface area contributed by atoms with Crippen molar-refractivity contribution in [3.63, 3.8) is 0 Å². The third-order valence-electron chi connectivity index (χ3n) is 8.49. The number of rotatable bonds is 5. The SMILES string of the molecule is Cc1cccc(C)c1N1CC=C[C@]23O[C@@H]4C=CCN(c5ccccc5)C(=O)[C@@H]4[C@H]2C(=O)N(CCCO)C3C1=O. The van der Waals surface area contributed by atoms with Crippen LogP contribution in [0.15, 0.2) is 72.8 Å². The molecule has 0 saturated carbocycles. The standard InChI is InChI=1S/C31H33N3O5/c1-20-10-6-11-21(2)26(20)33-17-8-15-31-25(29(37)34(18-9-19-35)27(31)30(33)38)24-23(39-31)14-7-16-32(28(24)36)22-12-4-3-5-13-22/h3-8,10-15,23-25,27,35H,9,16-19H2,1-2H3/t23-,24+,25+,27?,31+/m1/s1. The Kier molecular flexibility index (Phi) is 6.40. The van der Waals surface area contributed by atoms with Gasteiger partial charge in [-0.25, -0.2) is 0 Å². The monoisotopic (exact) mass is 527 g/mol. The highest BCUT2D eigenvalue weighted by molar-refractivity contribution is 6.07. The lowest BCUT2D eigenvalue weighted by Crippen LogP contribution is -2.55. The van der Waals surface area contributed by atoms with Crippen molar-refractivity contribution < 1.29 is 24.2 Å². The number of carbonyl (C=O) groups excluding carboxylic acids is 3. The first-order valence-corrected chi connectivity index (χ1v) is 13.6. The topological polar surface area (TPSA) is 90.4 Å². The maximum absolute atomic E-state index is 14.5. The molecule has 1 unspecified atom stereocenters. The Balaban J connectivity index is 1.45. The maximum atomic E-state index is 14.5. The Bertz CT molecular complexity index is 1350. The molecule has 8 heteroatoms. The molecule has 4 aliphatic heterocycles. The molecule has 5 atom stereocenters. The van der Waals surface area contributed by atoms with Crippen molar-refractivity contribution in [1.82, 2.24) is 4.90 Å². The van der Waals surface area contributed by atoms with E-state index in [0.717, 1.165) is 22.5 Å². The number of amides is 3. The Hall–Kier alpha value is -3.75. The fourth-order valence-electron chi connectivity index (χ4n) is 6.89. The van der Waals surface area contributed by atoms with Gasteiger partial charge in [0.25, 0.3) is 5.91 Å². The van der Waals surface area contributed by atoms with Gasteiger partial charge in [-0.15, -0.1) is 0 Å². The van der Waals surface area contributed by atoms with Gasteiger partial charge in [0.15, 0.2) is 0 Å². The molecule has 2 aromatic carbocycles. The second-order valence-electron chi connectivity index (χ2n) is 10.8. The summed E-state index contributed by atoms with van der Waals surface area (Å²) in [5, 5.41) is 9.61. The normalized spacial score (nSPS) is 29.8. The molecule has 0 radical (unpaired) electrons. The van der Waals surface area contributed by atoms with E-state index in [1.807, 2.05) is 86.7 Å². The number of nitrogens with zero attached hydrogens (tertiary/aromatic N) is 3. The number of aryl methyl sites for hydroxylation is 2. The average Bonchev–Trinajstić information content (AvgIpc) is 3.24. The van der Waals surface area contributed by atoms with Crippen molar-refractivity contribution in [1.29, 1.82) is 0 Å². The van der Waals surface area contributed by atoms with Gasteiger partial charge in [0, 0.05) is 37.6 Å². The number of aliphatic hydroxyl groups excluding tert-OH is 1. The van der Waals surface area contributed by atoms with E-state index in [0.29, 0.717) is 19.5 Å². The van der Waals surface area contributed by atoms with Gasteiger partial charge in [0.05, 0.1) is 17.9 Å². The van der Waals surface area contributed by atoms with Crippen LogP contribution >= 0.6 is 0 Å². The zero-order valence-electron chi connectivity index (χ0n) is 22.2. The first kappa shape index (κ1) is 25.5. The molecule has 1 spiro atoms. The van der Waals surface area contributed by atoms with Gasteiger partial charge in [-0.1, -0.05) is 60.7 Å². The van der Waals surface area contributed by atoms with Crippen LogP contribution in [0, 0.1) is 25.7 Å². The Morgan fingerprint density at radius 2 is 1.62 bits per heavy atom. The van der Waals surface area contributed by atoms with Crippen LogP contribution in [-0.4, -0.2) is 71.7 Å². The number of hydrogen-bond acceptors (Lipinski definition) is 5. The van der Waals surface area contributed by atoms with Gasteiger partial charge in [-0.05, 0) is 43.5 Å². The molecule has 2 fully saturated rings. The van der Waals surface area contributed by atoms with Crippen LogP contribution < -0.4 is 9.80 Å². The van der Waals surface area contributed by atoms with Crippen LogP contribution in [0.2, 0.25) is 0 Å². The minimum atomic E-state index is -1.29. The first-order valence-electron chi connectivity index (χ1n) is 13.6. The second-order valence-corrected chi connectivity index (χ2v) is 10.8. The predicted octanol–water partition coefficient (Wildman–Crippen LogP) is 2.77. The fraction of sp³-hybridized carbons (Fsp3) is 0.387. The van der Waals surface area contributed by atoms with Crippen LogP contribution in [0.5, 0.6) is 0 Å². The number of fused-ring (bicyclic) bond motifs is 2. The Morgan fingerprint density at radius 1 is 0.897 bits per heavy atom. The van der Waals surface area contributed by atoms with Crippen molar-refractivity contribution in [3.05, 3.63) is 84.0 Å². The molecule has 202 valence electrons. The van der Waals surface area contributed by atoms with Gasteiger partial charge in [-0.2, -0.15) is 0 Å². The molecule has 2 aromatic rings. The minimum absolute atomic E-state index is 0.116. The van der Waals surface area contributed by atoms with Crippen LogP contribution in [0.25, 0.3) is 0 Å². The third-order valence-corrected chi connectivity index (χ3v) is 8.49. The largest absolute Gasteiger partial charge is 0.396 e. The smallest absolute Gasteiger partial charge is 0.253 e. The molecule has 0 bridgehead atoms. The van der Waals surface area contributed by atoms with Gasteiger partial charge >= 0.3 is 0 Å². The summed E-state index contributed by atoms with van der Waals surface area (Å²) < 4.78 is 6.70. The van der Waals surface area contributed by atoms with Crippen molar-refractivity contribution in [2.24, 2.45) is 11.8 Å². The number of benzene rings is 2. The molecule has 3 amide bonds. The average molecular weight is 528 g/mol. The molecular formula is C31H33N3O5. The molecule has 0 aliphatic carbocycles. The summed E-state index contributed by atoms with van der Waals surface area (Å²) in [5.41, 5.74) is 2.21. The van der Waals surface area contributed by atoms with Gasteiger partial charge in [0.2, 0.25) is 11.8 Å². The molecule has 39 heavy (non-hydrogen) atoms. The highest BCUT2D eigenvalue weighted by Crippen LogP contribution is 2.54. The maximum Gasteiger partial charge on any atom is 0.253 e. The zero-order chi connectivity index (χ0) is 27.3. The summed E-state index contributed by atoms with van der Waals surface area (Å²) in [4.78, 5) is 47.8. The van der Waals surface area contributed by atoms with Gasteiger partial charge < -0.3 is 24.5 Å². The van der Waals surface area contributed by atoms with E-state index < -0.39 is 29.6 Å². The predicted molar refractivity (Wildman–Crippen MR) is 147 cm³/mol. The van der Waals surface area contributed by atoms with E-state index in [-0.39, 0.29) is 30.9 Å². The quantitative estimate of drug-likeness (QED) is 0.604. The number of likely N-dealkylation sites (tertiary alicyclic amines) is 1. The van der Waals surface area contributed by atoms with E-state index in [1.165, 1.54) is 0 Å². The fourth-order valence-corrected chi connectivity index (χ4v) is 6.89. The van der Waals surface area contributed by atoms with Gasteiger partial charge in [-0.3, -0.25) is 14.4 Å². The molecule has 2 saturated heterocycles. The van der Waals surface area contributed by atoms with E-state index in [4.69, 9.17) is 4.74 Å². The van der Waals surface area contributed by atoms with Crippen LogP contribution in [-0.2, 0) is 19.1 Å². The summed E-state index contributed by atoms with van der Waals surface area (Å²) in [7, 11) is 0. The van der Waals surface area contributed by atoms with Crippen LogP contribution in [0.3, 0.4) is 0 Å². The van der Waals surface area contributed by atoms with E-state index >= 15 is 0 Å². The van der Waals surface area contributed by atoms with E-state index in [1.54, 1.807) is 14.7 Å². The van der Waals surface area contributed by atoms with Crippen molar-refractivity contribution >= 4 is 29.1 Å². The number of para-hydroxylation sites is 2. The minimum Gasteiger partial charge on any atom is -0.396 e. The summed E-state index contributed by atoms with van der Waals surface area (Å²) in [5.74, 6) is -2.34.